The molecule has 2 aromatic rings. The first-order chi connectivity index (χ1) is 14.5. The van der Waals surface area contributed by atoms with Crippen LogP contribution in [0.5, 0.6) is 0 Å². The molecule has 3 heterocycles. The molecule has 0 bridgehead atoms. The Morgan fingerprint density at radius 3 is 2.61 bits per heavy atom. The zero-order valence-electron chi connectivity index (χ0n) is 17.3. The fourth-order valence-electron chi connectivity index (χ4n) is 3.00. The summed E-state index contributed by atoms with van der Waals surface area (Å²) in [7, 11) is 5.35. The van der Waals surface area contributed by atoms with Crippen LogP contribution in [0, 0.1) is 0 Å². The summed E-state index contributed by atoms with van der Waals surface area (Å²) in [6, 6.07) is 1.97. The number of carbonyl (C=O) groups is 2. The average Bonchev–Trinajstić information content (AvgIpc) is 3.31. The largest absolute Gasteiger partial charge is 0.490 e. The summed E-state index contributed by atoms with van der Waals surface area (Å²) in [5, 5.41) is 15.5. The van der Waals surface area contributed by atoms with Crippen molar-refractivity contribution < 1.29 is 37.0 Å². The quantitative estimate of drug-likeness (QED) is 0.704. The number of carboxylic acid groups (broad SMARTS) is 1. The maximum absolute atomic E-state index is 11.7. The van der Waals surface area contributed by atoms with Gasteiger partial charge in [-0.3, -0.25) is 14.4 Å². The van der Waals surface area contributed by atoms with Crippen LogP contribution in [0.3, 0.4) is 0 Å². The normalized spacial score (nSPS) is 16.3. The molecule has 172 valence electrons. The molecule has 2 aromatic heterocycles. The Morgan fingerprint density at radius 2 is 2.06 bits per heavy atom. The molecular weight excluding hydrogens is 423 g/mol. The second-order valence-electron chi connectivity index (χ2n) is 7.15. The van der Waals surface area contributed by atoms with Gasteiger partial charge in [0.25, 0.3) is 0 Å². The van der Waals surface area contributed by atoms with Gasteiger partial charge in [0, 0.05) is 52.3 Å². The van der Waals surface area contributed by atoms with Gasteiger partial charge in [-0.05, 0) is 6.07 Å². The number of rotatable bonds is 6. The molecule has 1 N–H and O–H groups in total. The highest BCUT2D eigenvalue weighted by Gasteiger charge is 2.38. The third-order valence-corrected chi connectivity index (χ3v) is 4.45. The monoisotopic (exact) mass is 447 g/mol. The fraction of sp³-hybridized carbons (Fsp3) is 0.556. The summed E-state index contributed by atoms with van der Waals surface area (Å²) in [6.45, 7) is 2.93. The number of halogens is 3. The number of amides is 1. The summed E-state index contributed by atoms with van der Waals surface area (Å²) in [6.07, 6.45) is -1.64. The first-order valence-corrected chi connectivity index (χ1v) is 9.19. The Kier molecular flexibility index (Phi) is 8.16. The van der Waals surface area contributed by atoms with E-state index in [0.29, 0.717) is 6.61 Å². The van der Waals surface area contributed by atoms with Crippen molar-refractivity contribution in [3.63, 3.8) is 0 Å². The number of aryl methyl sites for hydroxylation is 1. The van der Waals surface area contributed by atoms with Gasteiger partial charge in [0.2, 0.25) is 5.91 Å². The number of fused-ring (bicyclic) bond motifs is 1. The smallest absolute Gasteiger partial charge is 0.475 e. The highest BCUT2D eigenvalue weighted by Crippen LogP contribution is 2.27. The van der Waals surface area contributed by atoms with E-state index in [1.807, 2.05) is 17.8 Å². The Balaban J connectivity index is 0.000000423. The lowest BCUT2D eigenvalue weighted by atomic mass is 9.98. The molecule has 0 radical (unpaired) electrons. The number of aliphatic carboxylic acids is 1. The van der Waals surface area contributed by atoms with Crippen molar-refractivity contribution >= 4 is 11.9 Å². The van der Waals surface area contributed by atoms with Crippen LogP contribution in [0.1, 0.15) is 22.9 Å². The van der Waals surface area contributed by atoms with Gasteiger partial charge in [-0.2, -0.15) is 13.2 Å². The minimum atomic E-state index is -5.08. The van der Waals surface area contributed by atoms with Crippen molar-refractivity contribution in [1.29, 1.82) is 0 Å². The standard InChI is InChI=1S/C16H23N5O3.C2HF3O2/c1-19(2)15(22)11-24-10-13-7-21(6-12-4-5-23-9-12)8-14-16(13)20(3)18-17-14;3-2(4,5)1(6)7/h4-5,9,13H,6-8,10-11H2,1-3H3;(H,6,7). The zero-order chi connectivity index (χ0) is 23.2. The number of carboxylic acids is 1. The Labute approximate surface area is 176 Å². The summed E-state index contributed by atoms with van der Waals surface area (Å²) in [5.74, 6) is -2.66. The van der Waals surface area contributed by atoms with E-state index in [-0.39, 0.29) is 18.4 Å². The van der Waals surface area contributed by atoms with Crippen LogP contribution in [-0.2, 0) is 34.5 Å². The van der Waals surface area contributed by atoms with Crippen LogP contribution < -0.4 is 0 Å². The molecule has 0 saturated heterocycles. The van der Waals surface area contributed by atoms with Crippen LogP contribution in [0.2, 0.25) is 0 Å². The molecule has 1 atom stereocenters. The van der Waals surface area contributed by atoms with E-state index in [1.165, 1.54) is 4.90 Å². The second-order valence-corrected chi connectivity index (χ2v) is 7.15. The number of likely N-dealkylation sites (N-methyl/N-ethyl adjacent to an activating group) is 1. The minimum Gasteiger partial charge on any atom is -0.475 e. The van der Waals surface area contributed by atoms with Gasteiger partial charge in [-0.15, -0.1) is 5.10 Å². The maximum atomic E-state index is 11.7. The third-order valence-electron chi connectivity index (χ3n) is 4.45. The maximum Gasteiger partial charge on any atom is 0.490 e. The van der Waals surface area contributed by atoms with Gasteiger partial charge in [0.1, 0.15) is 12.3 Å². The van der Waals surface area contributed by atoms with Crippen LogP contribution in [0.4, 0.5) is 13.2 Å². The molecule has 0 aromatic carbocycles. The fourth-order valence-corrected chi connectivity index (χ4v) is 3.00. The number of alkyl halides is 3. The average molecular weight is 447 g/mol. The van der Waals surface area contributed by atoms with Crippen LogP contribution >= 0.6 is 0 Å². The Bertz CT molecular complexity index is 867. The van der Waals surface area contributed by atoms with E-state index in [0.717, 1.165) is 36.6 Å². The molecule has 0 aliphatic carbocycles. The number of ether oxygens (including phenoxy) is 1. The van der Waals surface area contributed by atoms with E-state index in [1.54, 1.807) is 26.6 Å². The van der Waals surface area contributed by atoms with Crippen LogP contribution in [-0.4, -0.2) is 81.8 Å². The number of furan rings is 1. The lowest BCUT2D eigenvalue weighted by Gasteiger charge is -2.31. The van der Waals surface area contributed by atoms with Crippen molar-refractivity contribution in [2.45, 2.75) is 25.2 Å². The molecular formula is C18H24F3N5O5. The van der Waals surface area contributed by atoms with Gasteiger partial charge in [0.15, 0.2) is 0 Å². The Morgan fingerprint density at radius 1 is 1.39 bits per heavy atom. The Hall–Kier alpha value is -2.93. The molecule has 0 spiro atoms. The highest BCUT2D eigenvalue weighted by molar-refractivity contribution is 5.76. The van der Waals surface area contributed by atoms with Crippen molar-refractivity contribution in [3.8, 4) is 0 Å². The van der Waals surface area contributed by atoms with Crippen molar-refractivity contribution in [2.24, 2.45) is 7.05 Å². The first kappa shape index (κ1) is 24.3. The molecule has 31 heavy (non-hydrogen) atoms. The highest BCUT2D eigenvalue weighted by atomic mass is 19.4. The van der Waals surface area contributed by atoms with Gasteiger partial charge in [-0.25, -0.2) is 4.79 Å². The lowest BCUT2D eigenvalue weighted by molar-refractivity contribution is -0.192. The van der Waals surface area contributed by atoms with Gasteiger partial charge in [-0.1, -0.05) is 5.21 Å². The third kappa shape index (κ3) is 7.07. The van der Waals surface area contributed by atoms with E-state index in [2.05, 4.69) is 15.2 Å². The van der Waals surface area contributed by atoms with Crippen molar-refractivity contribution in [3.05, 3.63) is 35.5 Å². The van der Waals surface area contributed by atoms with Crippen LogP contribution in [0.15, 0.2) is 23.0 Å². The lowest BCUT2D eigenvalue weighted by Crippen LogP contribution is -2.36. The molecule has 0 saturated carbocycles. The van der Waals surface area contributed by atoms with Crippen molar-refractivity contribution in [2.75, 3.05) is 33.9 Å². The van der Waals surface area contributed by atoms with Gasteiger partial charge in [0.05, 0.1) is 24.8 Å². The topological polar surface area (TPSA) is 114 Å². The van der Waals surface area contributed by atoms with E-state index >= 15 is 0 Å². The van der Waals surface area contributed by atoms with E-state index < -0.39 is 12.1 Å². The number of hydrogen-bond donors (Lipinski definition) is 1. The first-order valence-electron chi connectivity index (χ1n) is 9.19. The summed E-state index contributed by atoms with van der Waals surface area (Å²) in [5.41, 5.74) is 3.19. The molecule has 1 unspecified atom stereocenters. The van der Waals surface area contributed by atoms with Gasteiger partial charge >= 0.3 is 12.1 Å². The van der Waals surface area contributed by atoms with Crippen molar-refractivity contribution in [1.82, 2.24) is 24.8 Å². The molecule has 1 aliphatic heterocycles. The molecule has 13 heteroatoms. The number of carbonyl (C=O) groups excluding carboxylic acids is 1. The molecule has 10 nitrogen and oxygen atoms in total. The van der Waals surface area contributed by atoms with Gasteiger partial charge < -0.3 is 19.2 Å². The molecule has 0 fully saturated rings. The van der Waals surface area contributed by atoms with Crippen LogP contribution in [0.25, 0.3) is 0 Å². The molecule has 1 aliphatic rings. The van der Waals surface area contributed by atoms with E-state index in [4.69, 9.17) is 19.1 Å². The second kappa shape index (κ2) is 10.4. The molecule has 1 amide bonds. The zero-order valence-corrected chi connectivity index (χ0v) is 17.3. The summed E-state index contributed by atoms with van der Waals surface area (Å²) >= 11 is 0. The number of aromatic nitrogens is 3. The minimum absolute atomic E-state index is 0.0376. The summed E-state index contributed by atoms with van der Waals surface area (Å²) in [4.78, 5) is 24.4. The summed E-state index contributed by atoms with van der Waals surface area (Å²) < 4.78 is 44.3. The number of hydrogen-bond acceptors (Lipinski definition) is 7. The molecule has 3 rings (SSSR count). The number of nitrogens with zero attached hydrogens (tertiary/aromatic N) is 5. The SMILES string of the molecule is CN(C)C(=O)COCC1CN(Cc2ccoc2)Cc2nnn(C)c21.O=C(O)C(F)(F)F. The predicted molar refractivity (Wildman–Crippen MR) is 99.8 cm³/mol. The predicted octanol–water partition coefficient (Wildman–Crippen LogP) is 1.25. The van der Waals surface area contributed by atoms with E-state index in [9.17, 15) is 18.0 Å².